The summed E-state index contributed by atoms with van der Waals surface area (Å²) < 4.78 is 5.38. The fraction of sp³-hybridized carbons (Fsp3) is 0.222. The molecule has 3 aromatic rings. The molecule has 0 amide bonds. The van der Waals surface area contributed by atoms with Gasteiger partial charge in [-0.1, -0.05) is 12.1 Å². The summed E-state index contributed by atoms with van der Waals surface area (Å²) in [5, 5.41) is 10.6. The molecule has 25 heavy (non-hydrogen) atoms. The summed E-state index contributed by atoms with van der Waals surface area (Å²) >= 11 is 0. The van der Waals surface area contributed by atoms with Gasteiger partial charge in [0.25, 0.3) is 5.69 Å². The monoisotopic (exact) mass is 339 g/mol. The van der Waals surface area contributed by atoms with Crippen molar-refractivity contribution in [3.8, 4) is 0 Å². The number of imidazole rings is 1. The highest BCUT2D eigenvalue weighted by molar-refractivity contribution is 5.89. The number of aromatic amines is 1. The van der Waals surface area contributed by atoms with Crippen molar-refractivity contribution in [2.75, 3.05) is 0 Å². The molecule has 0 radical (unpaired) electrons. The normalized spacial score (nSPS) is 12.0. The van der Waals surface area contributed by atoms with E-state index in [1.807, 2.05) is 31.2 Å². The van der Waals surface area contributed by atoms with Crippen LogP contribution in [0.1, 0.15) is 29.5 Å². The molecule has 0 saturated heterocycles. The summed E-state index contributed by atoms with van der Waals surface area (Å²) in [5.74, 6) is 0.353. The van der Waals surface area contributed by atoms with Crippen LogP contribution in [0, 0.1) is 10.1 Å². The summed E-state index contributed by atoms with van der Waals surface area (Å²) in [4.78, 5) is 29.9. The van der Waals surface area contributed by atoms with Gasteiger partial charge in [0.05, 0.1) is 27.6 Å². The standard InChI is InChI=1S/C18H17N3O4/c1-12(6-11-17-19-15-4-2-3-5-16(15)20-17)25-18(22)13-7-9-14(10-8-13)21(23)24/h2-5,7-10,12H,6,11H2,1H3,(H,19,20)/t12-/m0/s1. The first-order valence-electron chi connectivity index (χ1n) is 7.92. The van der Waals surface area contributed by atoms with E-state index in [2.05, 4.69) is 9.97 Å². The zero-order valence-electron chi connectivity index (χ0n) is 13.6. The Morgan fingerprint density at radius 3 is 2.64 bits per heavy atom. The van der Waals surface area contributed by atoms with Crippen LogP contribution in [0.25, 0.3) is 11.0 Å². The quantitative estimate of drug-likeness (QED) is 0.420. The Balaban J connectivity index is 1.55. The van der Waals surface area contributed by atoms with Crippen molar-refractivity contribution in [3.05, 3.63) is 70.0 Å². The maximum absolute atomic E-state index is 12.1. The number of aryl methyl sites for hydroxylation is 1. The van der Waals surface area contributed by atoms with Crippen molar-refractivity contribution in [2.24, 2.45) is 0 Å². The third-order valence-electron chi connectivity index (χ3n) is 3.85. The number of fused-ring (bicyclic) bond motifs is 1. The number of nitro benzene ring substituents is 1. The molecular weight excluding hydrogens is 322 g/mol. The lowest BCUT2D eigenvalue weighted by atomic mass is 10.2. The molecule has 0 aliphatic heterocycles. The summed E-state index contributed by atoms with van der Waals surface area (Å²) in [6, 6.07) is 13.1. The largest absolute Gasteiger partial charge is 0.459 e. The maximum atomic E-state index is 12.1. The molecule has 0 bridgehead atoms. The van der Waals surface area contributed by atoms with Gasteiger partial charge in [-0.05, 0) is 37.6 Å². The summed E-state index contributed by atoms with van der Waals surface area (Å²) in [6.45, 7) is 1.81. The van der Waals surface area contributed by atoms with Crippen molar-refractivity contribution in [2.45, 2.75) is 25.9 Å². The van der Waals surface area contributed by atoms with E-state index in [9.17, 15) is 14.9 Å². The van der Waals surface area contributed by atoms with E-state index < -0.39 is 10.9 Å². The van der Waals surface area contributed by atoms with Gasteiger partial charge in [0.2, 0.25) is 0 Å². The molecule has 0 aliphatic rings. The zero-order chi connectivity index (χ0) is 17.8. The molecule has 0 aliphatic carbocycles. The number of nitrogens with zero attached hydrogens (tertiary/aromatic N) is 2. The summed E-state index contributed by atoms with van der Waals surface area (Å²) in [7, 11) is 0. The fourth-order valence-corrected chi connectivity index (χ4v) is 2.49. The SMILES string of the molecule is C[C@@H](CCc1nc2ccccc2[nH]1)OC(=O)c1ccc([N+](=O)[O-])cc1. The van der Waals surface area contributed by atoms with Crippen molar-refractivity contribution in [1.82, 2.24) is 9.97 Å². The first-order chi connectivity index (χ1) is 12.0. The fourth-order valence-electron chi connectivity index (χ4n) is 2.49. The molecule has 2 aromatic carbocycles. The molecule has 1 heterocycles. The van der Waals surface area contributed by atoms with Crippen molar-refractivity contribution in [1.29, 1.82) is 0 Å². The number of rotatable bonds is 6. The number of carbonyl (C=O) groups excluding carboxylic acids is 1. The highest BCUT2D eigenvalue weighted by Gasteiger charge is 2.14. The lowest BCUT2D eigenvalue weighted by Crippen LogP contribution is -2.16. The molecule has 0 saturated carbocycles. The number of benzene rings is 2. The first kappa shape index (κ1) is 16.6. The third kappa shape index (κ3) is 4.00. The molecule has 1 aromatic heterocycles. The number of non-ortho nitro benzene ring substituents is 1. The Kier molecular flexibility index (Phi) is 4.74. The van der Waals surface area contributed by atoms with E-state index in [1.54, 1.807) is 0 Å². The number of aromatic nitrogens is 2. The summed E-state index contributed by atoms with van der Waals surface area (Å²) in [6.07, 6.45) is 0.984. The van der Waals surface area contributed by atoms with Crippen LogP contribution < -0.4 is 0 Å². The number of para-hydroxylation sites is 2. The minimum atomic E-state index is -0.509. The van der Waals surface area contributed by atoms with Gasteiger partial charge in [-0.25, -0.2) is 9.78 Å². The molecule has 0 fully saturated rings. The van der Waals surface area contributed by atoms with E-state index >= 15 is 0 Å². The van der Waals surface area contributed by atoms with Crippen molar-refractivity contribution < 1.29 is 14.5 Å². The average molecular weight is 339 g/mol. The first-order valence-corrected chi connectivity index (χ1v) is 7.92. The molecule has 7 heteroatoms. The number of esters is 1. The minimum Gasteiger partial charge on any atom is -0.459 e. The van der Waals surface area contributed by atoms with Gasteiger partial charge in [-0.3, -0.25) is 10.1 Å². The number of hydrogen-bond acceptors (Lipinski definition) is 5. The number of ether oxygens (including phenoxy) is 1. The number of carbonyl (C=O) groups is 1. The molecule has 0 spiro atoms. The van der Waals surface area contributed by atoms with Gasteiger partial charge >= 0.3 is 5.97 Å². The van der Waals surface area contributed by atoms with Gasteiger partial charge < -0.3 is 9.72 Å². The minimum absolute atomic E-state index is 0.0607. The molecular formula is C18H17N3O4. The van der Waals surface area contributed by atoms with Gasteiger partial charge in [0.15, 0.2) is 0 Å². The Morgan fingerprint density at radius 1 is 1.24 bits per heavy atom. The second-order valence-electron chi connectivity index (χ2n) is 5.76. The Bertz CT molecular complexity index is 869. The highest BCUT2D eigenvalue weighted by atomic mass is 16.6. The molecule has 0 unspecified atom stereocenters. The third-order valence-corrected chi connectivity index (χ3v) is 3.85. The Hall–Kier alpha value is -3.22. The van der Waals surface area contributed by atoms with E-state index in [1.165, 1.54) is 24.3 Å². The van der Waals surface area contributed by atoms with E-state index in [0.717, 1.165) is 16.9 Å². The second-order valence-corrected chi connectivity index (χ2v) is 5.76. The number of nitrogens with one attached hydrogen (secondary N) is 1. The summed E-state index contributed by atoms with van der Waals surface area (Å²) in [5.41, 5.74) is 2.12. The number of nitro groups is 1. The number of hydrogen-bond donors (Lipinski definition) is 1. The lowest BCUT2D eigenvalue weighted by Gasteiger charge is -2.12. The second kappa shape index (κ2) is 7.12. The maximum Gasteiger partial charge on any atom is 0.338 e. The molecule has 7 nitrogen and oxygen atoms in total. The van der Waals surface area contributed by atoms with E-state index in [-0.39, 0.29) is 11.8 Å². The smallest absolute Gasteiger partial charge is 0.338 e. The van der Waals surface area contributed by atoms with Gasteiger partial charge in [-0.15, -0.1) is 0 Å². The van der Waals surface area contributed by atoms with Crippen molar-refractivity contribution in [3.63, 3.8) is 0 Å². The van der Waals surface area contributed by atoms with Crippen LogP contribution in [0.5, 0.6) is 0 Å². The lowest BCUT2D eigenvalue weighted by molar-refractivity contribution is -0.384. The van der Waals surface area contributed by atoms with Crippen molar-refractivity contribution >= 4 is 22.7 Å². The van der Waals surface area contributed by atoms with Gasteiger partial charge in [0.1, 0.15) is 5.82 Å². The van der Waals surface area contributed by atoms with Crippen LogP contribution in [-0.4, -0.2) is 27.0 Å². The Morgan fingerprint density at radius 2 is 1.96 bits per heavy atom. The molecule has 1 N–H and O–H groups in total. The predicted molar refractivity (Wildman–Crippen MR) is 92.4 cm³/mol. The van der Waals surface area contributed by atoms with Crippen LogP contribution in [0.3, 0.4) is 0 Å². The van der Waals surface area contributed by atoms with E-state index in [0.29, 0.717) is 18.4 Å². The van der Waals surface area contributed by atoms with Crippen LogP contribution in [0.4, 0.5) is 5.69 Å². The highest BCUT2D eigenvalue weighted by Crippen LogP contribution is 2.15. The number of H-pyrrole nitrogens is 1. The van der Waals surface area contributed by atoms with E-state index in [4.69, 9.17) is 4.74 Å². The molecule has 1 atom stereocenters. The van der Waals surface area contributed by atoms with Gasteiger partial charge in [-0.2, -0.15) is 0 Å². The average Bonchev–Trinajstić information content (AvgIpc) is 3.03. The van der Waals surface area contributed by atoms with Crippen LogP contribution in [-0.2, 0) is 11.2 Å². The topological polar surface area (TPSA) is 98.1 Å². The van der Waals surface area contributed by atoms with Gasteiger partial charge in [0, 0.05) is 18.6 Å². The van der Waals surface area contributed by atoms with Crippen LogP contribution >= 0.6 is 0 Å². The van der Waals surface area contributed by atoms with Crippen LogP contribution in [0.2, 0.25) is 0 Å². The predicted octanol–water partition coefficient (Wildman–Crippen LogP) is 3.65. The molecule has 3 rings (SSSR count). The van der Waals surface area contributed by atoms with Crippen LogP contribution in [0.15, 0.2) is 48.5 Å². The Labute approximate surface area is 143 Å². The molecule has 128 valence electrons. The zero-order valence-corrected chi connectivity index (χ0v) is 13.6.